The lowest BCUT2D eigenvalue weighted by Gasteiger charge is -2.37. The Labute approximate surface area is 175 Å². The van der Waals surface area contributed by atoms with Crippen LogP contribution in [0, 0.1) is 5.92 Å². The Balaban J connectivity index is 1.70. The van der Waals surface area contributed by atoms with E-state index in [1.165, 1.54) is 11.1 Å². The molecule has 1 aliphatic heterocycles. The Morgan fingerprint density at radius 1 is 1.14 bits per heavy atom. The van der Waals surface area contributed by atoms with Crippen LogP contribution in [-0.2, 0) is 16.0 Å². The maximum Gasteiger partial charge on any atom is 0.224 e. The molecule has 29 heavy (non-hydrogen) atoms. The smallest absolute Gasteiger partial charge is 0.224 e. The van der Waals surface area contributed by atoms with Gasteiger partial charge in [-0.1, -0.05) is 61.5 Å². The van der Waals surface area contributed by atoms with Crippen LogP contribution >= 0.6 is 0 Å². The lowest BCUT2D eigenvalue weighted by molar-refractivity contribution is -0.127. The highest BCUT2D eigenvalue weighted by Gasteiger charge is 2.32. The van der Waals surface area contributed by atoms with Gasteiger partial charge in [0.05, 0.1) is 18.6 Å². The summed E-state index contributed by atoms with van der Waals surface area (Å²) in [6, 6.07) is 19.1. The summed E-state index contributed by atoms with van der Waals surface area (Å²) in [7, 11) is 1.73. The number of carbonyl (C=O) groups excluding carboxylic acids is 1. The molecular formula is C25H34N2O2. The molecule has 1 saturated heterocycles. The van der Waals surface area contributed by atoms with E-state index in [9.17, 15) is 4.79 Å². The van der Waals surface area contributed by atoms with Crippen LogP contribution in [-0.4, -0.2) is 44.2 Å². The molecule has 0 bridgehead atoms. The Morgan fingerprint density at radius 3 is 2.52 bits per heavy atom. The second-order valence-corrected chi connectivity index (χ2v) is 8.12. The van der Waals surface area contributed by atoms with Gasteiger partial charge in [0, 0.05) is 26.7 Å². The van der Waals surface area contributed by atoms with Crippen molar-refractivity contribution in [1.82, 2.24) is 10.2 Å². The number of likely N-dealkylation sites (tertiary alicyclic amines) is 1. The predicted molar refractivity (Wildman–Crippen MR) is 118 cm³/mol. The number of amides is 1. The lowest BCUT2D eigenvalue weighted by Crippen LogP contribution is -2.47. The molecular weight excluding hydrogens is 360 g/mol. The fourth-order valence-electron chi connectivity index (χ4n) is 4.21. The van der Waals surface area contributed by atoms with Gasteiger partial charge in [0.2, 0.25) is 5.91 Å². The molecule has 4 heteroatoms. The number of carbonyl (C=O) groups is 1. The maximum absolute atomic E-state index is 13.1. The highest BCUT2D eigenvalue weighted by Crippen LogP contribution is 2.31. The molecule has 3 rings (SSSR count). The van der Waals surface area contributed by atoms with Crippen molar-refractivity contribution >= 4 is 5.91 Å². The standard InChI is InChI=1S/C25H34N2O2/c1-4-20-10-12-22(13-11-20)23-16-24(18-27(17-23)14-15-29-3)25(28)26-19(2)21-8-6-5-7-9-21/h5-13,19,23-24H,4,14-18H2,1-3H3,(H,26,28). The quantitative estimate of drug-likeness (QED) is 0.730. The van der Waals surface area contributed by atoms with Crippen LogP contribution in [0.5, 0.6) is 0 Å². The van der Waals surface area contributed by atoms with Gasteiger partial charge in [0.1, 0.15) is 0 Å². The number of rotatable bonds is 8. The second kappa shape index (κ2) is 10.6. The van der Waals surface area contributed by atoms with Crippen LogP contribution in [0.1, 0.15) is 48.9 Å². The van der Waals surface area contributed by atoms with Crippen LogP contribution in [0.3, 0.4) is 0 Å². The molecule has 0 aliphatic carbocycles. The average Bonchev–Trinajstić information content (AvgIpc) is 2.78. The first-order valence-corrected chi connectivity index (χ1v) is 10.8. The molecule has 2 aromatic rings. The van der Waals surface area contributed by atoms with E-state index in [2.05, 4.69) is 60.5 Å². The van der Waals surface area contributed by atoms with Crippen LogP contribution < -0.4 is 5.32 Å². The Hall–Kier alpha value is -2.17. The van der Waals surface area contributed by atoms with Crippen molar-refractivity contribution in [3.05, 3.63) is 71.3 Å². The molecule has 0 spiro atoms. The van der Waals surface area contributed by atoms with E-state index in [0.717, 1.165) is 38.0 Å². The molecule has 1 amide bonds. The summed E-state index contributed by atoms with van der Waals surface area (Å²) in [6.07, 6.45) is 1.94. The van der Waals surface area contributed by atoms with Gasteiger partial charge >= 0.3 is 0 Å². The van der Waals surface area contributed by atoms with E-state index in [1.54, 1.807) is 7.11 Å². The molecule has 1 aliphatic rings. The molecule has 3 atom stereocenters. The van der Waals surface area contributed by atoms with Crippen molar-refractivity contribution in [3.8, 4) is 0 Å². The summed E-state index contributed by atoms with van der Waals surface area (Å²) >= 11 is 0. The third-order valence-corrected chi connectivity index (χ3v) is 6.03. The molecule has 156 valence electrons. The first kappa shape index (κ1) is 21.5. The summed E-state index contributed by atoms with van der Waals surface area (Å²) in [5, 5.41) is 3.24. The normalized spacial score (nSPS) is 20.9. The number of aryl methyl sites for hydroxylation is 1. The number of hydrogen-bond donors (Lipinski definition) is 1. The number of benzene rings is 2. The molecule has 4 nitrogen and oxygen atoms in total. The molecule has 1 N–H and O–H groups in total. The van der Waals surface area contributed by atoms with Gasteiger partial charge in [0.25, 0.3) is 0 Å². The number of hydrogen-bond acceptors (Lipinski definition) is 3. The van der Waals surface area contributed by atoms with Gasteiger partial charge in [-0.2, -0.15) is 0 Å². The molecule has 0 aromatic heterocycles. The van der Waals surface area contributed by atoms with Gasteiger partial charge < -0.3 is 10.1 Å². The second-order valence-electron chi connectivity index (χ2n) is 8.12. The van der Waals surface area contributed by atoms with Crippen molar-refractivity contribution in [3.63, 3.8) is 0 Å². The minimum atomic E-state index is -0.0115. The molecule has 0 saturated carbocycles. The number of methoxy groups -OCH3 is 1. The lowest BCUT2D eigenvalue weighted by atomic mass is 9.83. The fraction of sp³-hybridized carbons (Fsp3) is 0.480. The van der Waals surface area contributed by atoms with Crippen molar-refractivity contribution in [1.29, 1.82) is 0 Å². The molecule has 2 aromatic carbocycles. The van der Waals surface area contributed by atoms with Gasteiger partial charge in [0.15, 0.2) is 0 Å². The molecule has 3 unspecified atom stereocenters. The topological polar surface area (TPSA) is 41.6 Å². The van der Waals surface area contributed by atoms with Gasteiger partial charge in [-0.15, -0.1) is 0 Å². The first-order valence-electron chi connectivity index (χ1n) is 10.8. The van der Waals surface area contributed by atoms with Crippen molar-refractivity contribution in [2.75, 3.05) is 33.4 Å². The van der Waals surface area contributed by atoms with E-state index in [-0.39, 0.29) is 17.9 Å². The fourth-order valence-corrected chi connectivity index (χ4v) is 4.21. The van der Waals surface area contributed by atoms with Crippen LogP contribution in [0.4, 0.5) is 0 Å². The molecule has 0 radical (unpaired) electrons. The number of nitrogens with one attached hydrogen (secondary N) is 1. The van der Waals surface area contributed by atoms with Crippen molar-refractivity contribution in [2.45, 2.75) is 38.6 Å². The molecule has 1 heterocycles. The van der Waals surface area contributed by atoms with E-state index in [4.69, 9.17) is 4.74 Å². The average molecular weight is 395 g/mol. The van der Waals surface area contributed by atoms with Gasteiger partial charge in [-0.3, -0.25) is 9.69 Å². The van der Waals surface area contributed by atoms with Crippen LogP contribution in [0.15, 0.2) is 54.6 Å². The minimum Gasteiger partial charge on any atom is -0.383 e. The van der Waals surface area contributed by atoms with E-state index in [1.807, 2.05) is 18.2 Å². The van der Waals surface area contributed by atoms with E-state index in [0.29, 0.717) is 12.5 Å². The Kier molecular flexibility index (Phi) is 7.84. The Bertz CT molecular complexity index is 760. The summed E-state index contributed by atoms with van der Waals surface area (Å²) in [5.41, 5.74) is 3.82. The summed E-state index contributed by atoms with van der Waals surface area (Å²) < 4.78 is 5.29. The maximum atomic E-state index is 13.1. The summed E-state index contributed by atoms with van der Waals surface area (Å²) in [4.78, 5) is 15.5. The SMILES string of the molecule is CCc1ccc(C2CC(C(=O)NC(C)c3ccccc3)CN(CCOC)C2)cc1. The highest BCUT2D eigenvalue weighted by atomic mass is 16.5. The minimum absolute atomic E-state index is 0.0115. The van der Waals surface area contributed by atoms with Gasteiger partial charge in [-0.25, -0.2) is 0 Å². The largest absolute Gasteiger partial charge is 0.383 e. The third kappa shape index (κ3) is 5.91. The summed E-state index contributed by atoms with van der Waals surface area (Å²) in [5.74, 6) is 0.510. The zero-order chi connectivity index (χ0) is 20.6. The van der Waals surface area contributed by atoms with Crippen molar-refractivity contribution < 1.29 is 9.53 Å². The zero-order valence-electron chi connectivity index (χ0n) is 17.9. The van der Waals surface area contributed by atoms with E-state index < -0.39 is 0 Å². The van der Waals surface area contributed by atoms with Crippen molar-refractivity contribution in [2.24, 2.45) is 5.92 Å². The van der Waals surface area contributed by atoms with Crippen LogP contribution in [0.25, 0.3) is 0 Å². The number of piperidine rings is 1. The number of ether oxygens (including phenoxy) is 1. The predicted octanol–water partition coefficient (Wildman–Crippen LogP) is 4.18. The van der Waals surface area contributed by atoms with E-state index >= 15 is 0 Å². The summed E-state index contributed by atoms with van der Waals surface area (Å²) in [6.45, 7) is 7.55. The number of nitrogens with zero attached hydrogens (tertiary/aromatic N) is 1. The monoisotopic (exact) mass is 394 g/mol. The van der Waals surface area contributed by atoms with Crippen LogP contribution in [0.2, 0.25) is 0 Å². The Morgan fingerprint density at radius 2 is 1.86 bits per heavy atom. The zero-order valence-corrected chi connectivity index (χ0v) is 17.9. The first-order chi connectivity index (χ1) is 14.1. The van der Waals surface area contributed by atoms with Gasteiger partial charge in [-0.05, 0) is 42.4 Å². The third-order valence-electron chi connectivity index (χ3n) is 6.03. The highest BCUT2D eigenvalue weighted by molar-refractivity contribution is 5.79. The molecule has 1 fully saturated rings.